The minimum absolute atomic E-state index is 0.0133. The fraction of sp³-hybridized carbons (Fsp3) is 0.310. The van der Waals surface area contributed by atoms with Crippen LogP contribution in [0.4, 0.5) is 0 Å². The summed E-state index contributed by atoms with van der Waals surface area (Å²) in [5, 5.41) is 3.68. The molecule has 3 aromatic rings. The van der Waals surface area contributed by atoms with Gasteiger partial charge in [0, 0.05) is 24.0 Å². The molecule has 3 rings (SSSR count). The van der Waals surface area contributed by atoms with E-state index in [1.165, 1.54) is 0 Å². The molecule has 3 aromatic carbocycles. The topological polar surface area (TPSA) is 49.4 Å². The van der Waals surface area contributed by atoms with E-state index in [4.69, 9.17) is 11.6 Å². The SMILES string of the molecule is CC[C@H](C)NC(=O)[C@H](Cc1ccccc1)N(Cc1ccccc1Cl)C(=O)Cc1ccccc1C. The Hall–Kier alpha value is -3.11. The molecular weight excluding hydrogens is 444 g/mol. The largest absolute Gasteiger partial charge is 0.352 e. The Bertz CT molecular complexity index is 1100. The lowest BCUT2D eigenvalue weighted by molar-refractivity contribution is -0.141. The molecule has 0 aliphatic heterocycles. The number of hydrogen-bond acceptors (Lipinski definition) is 2. The molecular formula is C29H33ClN2O2. The van der Waals surface area contributed by atoms with E-state index >= 15 is 0 Å². The smallest absolute Gasteiger partial charge is 0.243 e. The number of hydrogen-bond donors (Lipinski definition) is 1. The second-order valence-corrected chi connectivity index (χ2v) is 9.15. The predicted molar refractivity (Wildman–Crippen MR) is 139 cm³/mol. The number of rotatable bonds is 10. The highest BCUT2D eigenvalue weighted by atomic mass is 35.5. The van der Waals surface area contributed by atoms with Crippen LogP contribution < -0.4 is 5.32 Å². The van der Waals surface area contributed by atoms with Gasteiger partial charge in [0.25, 0.3) is 0 Å². The van der Waals surface area contributed by atoms with Gasteiger partial charge in [0.15, 0.2) is 0 Å². The summed E-state index contributed by atoms with van der Waals surface area (Å²) >= 11 is 6.47. The van der Waals surface area contributed by atoms with Crippen LogP contribution in [-0.4, -0.2) is 28.8 Å². The summed E-state index contributed by atoms with van der Waals surface area (Å²) in [6.45, 7) is 6.26. The van der Waals surface area contributed by atoms with Gasteiger partial charge in [-0.2, -0.15) is 0 Å². The van der Waals surface area contributed by atoms with Crippen molar-refractivity contribution >= 4 is 23.4 Å². The molecule has 178 valence electrons. The van der Waals surface area contributed by atoms with E-state index in [0.29, 0.717) is 11.4 Å². The lowest BCUT2D eigenvalue weighted by atomic mass is 10.00. The average Bonchev–Trinajstić information content (AvgIpc) is 2.84. The van der Waals surface area contributed by atoms with E-state index < -0.39 is 6.04 Å². The number of benzene rings is 3. The standard InChI is InChI=1S/C29H33ClN2O2/c1-4-22(3)31-29(34)27(18-23-13-6-5-7-14-23)32(20-25-16-10-11-17-26(25)30)28(33)19-24-15-9-8-12-21(24)2/h5-17,22,27H,4,18-20H2,1-3H3,(H,31,34)/t22-,27-/m0/s1. The Morgan fingerprint density at radius 2 is 1.53 bits per heavy atom. The zero-order valence-corrected chi connectivity index (χ0v) is 20.9. The molecule has 4 nitrogen and oxygen atoms in total. The summed E-state index contributed by atoms with van der Waals surface area (Å²) in [4.78, 5) is 29.0. The van der Waals surface area contributed by atoms with Gasteiger partial charge in [-0.1, -0.05) is 91.3 Å². The number of halogens is 1. The third-order valence-corrected chi connectivity index (χ3v) is 6.54. The maximum Gasteiger partial charge on any atom is 0.243 e. The van der Waals surface area contributed by atoms with E-state index in [1.54, 1.807) is 4.90 Å². The Balaban J connectivity index is 2.00. The number of carbonyl (C=O) groups is 2. The molecule has 0 aliphatic carbocycles. The molecule has 34 heavy (non-hydrogen) atoms. The Morgan fingerprint density at radius 3 is 2.18 bits per heavy atom. The van der Waals surface area contributed by atoms with Crippen molar-refractivity contribution < 1.29 is 9.59 Å². The van der Waals surface area contributed by atoms with Gasteiger partial charge in [-0.15, -0.1) is 0 Å². The van der Waals surface area contributed by atoms with Crippen LogP contribution in [0.1, 0.15) is 42.5 Å². The summed E-state index contributed by atoms with van der Waals surface area (Å²) in [6.07, 6.45) is 1.46. The number of aryl methyl sites for hydroxylation is 1. The van der Waals surface area contributed by atoms with E-state index in [1.807, 2.05) is 99.6 Å². The van der Waals surface area contributed by atoms with Gasteiger partial charge in [-0.3, -0.25) is 9.59 Å². The van der Waals surface area contributed by atoms with Crippen molar-refractivity contribution in [3.05, 3.63) is 106 Å². The van der Waals surface area contributed by atoms with Crippen LogP contribution in [0.2, 0.25) is 5.02 Å². The molecule has 0 fully saturated rings. The van der Waals surface area contributed by atoms with Crippen LogP contribution in [0.15, 0.2) is 78.9 Å². The van der Waals surface area contributed by atoms with Crippen molar-refractivity contribution in [1.29, 1.82) is 0 Å². The van der Waals surface area contributed by atoms with E-state index in [9.17, 15) is 9.59 Å². The minimum atomic E-state index is -0.663. The van der Waals surface area contributed by atoms with Gasteiger partial charge in [-0.25, -0.2) is 0 Å². The summed E-state index contributed by atoms with van der Waals surface area (Å²) in [6, 6.07) is 24.5. The number of nitrogens with zero attached hydrogens (tertiary/aromatic N) is 1. The average molecular weight is 477 g/mol. The normalized spacial score (nSPS) is 12.6. The van der Waals surface area contributed by atoms with Gasteiger partial charge < -0.3 is 10.2 Å². The van der Waals surface area contributed by atoms with Crippen molar-refractivity contribution in [2.24, 2.45) is 0 Å². The number of nitrogens with one attached hydrogen (secondary N) is 1. The molecule has 0 saturated heterocycles. The quantitative estimate of drug-likeness (QED) is 0.405. The molecule has 0 aromatic heterocycles. The molecule has 0 saturated carbocycles. The van der Waals surface area contributed by atoms with Crippen LogP contribution in [0.3, 0.4) is 0 Å². The molecule has 2 atom stereocenters. The van der Waals surface area contributed by atoms with Gasteiger partial charge in [0.1, 0.15) is 6.04 Å². The fourth-order valence-electron chi connectivity index (χ4n) is 3.88. The fourth-order valence-corrected chi connectivity index (χ4v) is 4.07. The van der Waals surface area contributed by atoms with Crippen LogP contribution in [0.5, 0.6) is 0 Å². The van der Waals surface area contributed by atoms with Crippen LogP contribution in [0.25, 0.3) is 0 Å². The second-order valence-electron chi connectivity index (χ2n) is 8.74. The summed E-state index contributed by atoms with van der Waals surface area (Å²) in [5.74, 6) is -0.252. The molecule has 0 bridgehead atoms. The Labute approximate surface area is 207 Å². The first-order chi connectivity index (χ1) is 16.4. The lowest BCUT2D eigenvalue weighted by Gasteiger charge is -2.32. The molecule has 0 spiro atoms. The number of amides is 2. The molecule has 5 heteroatoms. The zero-order valence-electron chi connectivity index (χ0n) is 20.1. The monoisotopic (exact) mass is 476 g/mol. The van der Waals surface area contributed by atoms with Crippen molar-refractivity contribution in [3.8, 4) is 0 Å². The van der Waals surface area contributed by atoms with Gasteiger partial charge >= 0.3 is 0 Å². The lowest BCUT2D eigenvalue weighted by Crippen LogP contribution is -2.52. The van der Waals surface area contributed by atoms with Gasteiger partial charge in [0.05, 0.1) is 6.42 Å². The molecule has 0 unspecified atom stereocenters. The van der Waals surface area contributed by atoms with E-state index in [-0.39, 0.29) is 30.8 Å². The molecule has 2 amide bonds. The summed E-state index contributed by atoms with van der Waals surface area (Å²) < 4.78 is 0. The van der Waals surface area contributed by atoms with Crippen LogP contribution >= 0.6 is 11.6 Å². The first kappa shape index (κ1) is 25.5. The van der Waals surface area contributed by atoms with Crippen molar-refractivity contribution in [2.75, 3.05) is 0 Å². The zero-order chi connectivity index (χ0) is 24.5. The third-order valence-electron chi connectivity index (χ3n) is 6.17. The first-order valence-corrected chi connectivity index (χ1v) is 12.2. The van der Waals surface area contributed by atoms with Gasteiger partial charge in [0.2, 0.25) is 11.8 Å². The number of carbonyl (C=O) groups excluding carboxylic acids is 2. The molecule has 0 radical (unpaired) electrons. The Kier molecular flexibility index (Phi) is 9.29. The molecule has 0 heterocycles. The second kappa shape index (κ2) is 12.4. The van der Waals surface area contributed by atoms with Crippen molar-refractivity contribution in [2.45, 2.75) is 58.7 Å². The molecule has 1 N–H and O–H groups in total. The Morgan fingerprint density at radius 1 is 0.912 bits per heavy atom. The van der Waals surface area contributed by atoms with Crippen molar-refractivity contribution in [3.63, 3.8) is 0 Å². The van der Waals surface area contributed by atoms with Crippen LogP contribution in [-0.2, 0) is 29.0 Å². The summed E-state index contributed by atoms with van der Waals surface area (Å²) in [5.41, 5.74) is 3.83. The van der Waals surface area contributed by atoms with E-state index in [2.05, 4.69) is 5.32 Å². The van der Waals surface area contributed by atoms with Crippen molar-refractivity contribution in [1.82, 2.24) is 10.2 Å². The third kappa shape index (κ3) is 6.94. The maximum absolute atomic E-state index is 13.8. The minimum Gasteiger partial charge on any atom is -0.352 e. The van der Waals surface area contributed by atoms with E-state index in [0.717, 1.165) is 28.7 Å². The van der Waals surface area contributed by atoms with Gasteiger partial charge in [-0.05, 0) is 48.6 Å². The maximum atomic E-state index is 13.8. The summed E-state index contributed by atoms with van der Waals surface area (Å²) in [7, 11) is 0. The molecule has 0 aliphatic rings. The first-order valence-electron chi connectivity index (χ1n) is 11.8. The highest BCUT2D eigenvalue weighted by Gasteiger charge is 2.31. The highest BCUT2D eigenvalue weighted by Crippen LogP contribution is 2.22. The predicted octanol–water partition coefficient (Wildman–Crippen LogP) is 5.75. The highest BCUT2D eigenvalue weighted by molar-refractivity contribution is 6.31. The van der Waals surface area contributed by atoms with Crippen LogP contribution in [0, 0.1) is 6.92 Å².